The molecule has 0 bridgehead atoms. The summed E-state index contributed by atoms with van der Waals surface area (Å²) in [5.74, 6) is 0. The van der Waals surface area contributed by atoms with Gasteiger partial charge in [0, 0.05) is 22.4 Å². The fourth-order valence-electron chi connectivity index (χ4n) is 2.01. The lowest BCUT2D eigenvalue weighted by Crippen LogP contribution is -2.16. The predicted octanol–water partition coefficient (Wildman–Crippen LogP) is 3.72. The molecule has 21 heavy (non-hydrogen) atoms. The van der Waals surface area contributed by atoms with Gasteiger partial charge in [-0.2, -0.15) is 0 Å². The van der Waals surface area contributed by atoms with Gasteiger partial charge in [0.05, 0.1) is 17.3 Å². The highest BCUT2D eigenvalue weighted by Gasteiger charge is 2.04. The molecular formula is C15H11BrClN3O. The zero-order chi connectivity index (χ0) is 14.8. The van der Waals surface area contributed by atoms with Crippen LogP contribution in [0.1, 0.15) is 5.69 Å². The Kier molecular flexibility index (Phi) is 3.94. The summed E-state index contributed by atoms with van der Waals surface area (Å²) in [7, 11) is 0. The fraction of sp³-hybridized carbons (Fsp3) is 0.0667. The summed E-state index contributed by atoms with van der Waals surface area (Å²) < 4.78 is 2.40. The van der Waals surface area contributed by atoms with Crippen molar-refractivity contribution < 1.29 is 0 Å². The molecule has 2 aromatic heterocycles. The van der Waals surface area contributed by atoms with Crippen molar-refractivity contribution in [1.29, 1.82) is 0 Å². The molecule has 0 aliphatic carbocycles. The molecule has 0 unspecified atom stereocenters. The van der Waals surface area contributed by atoms with Crippen LogP contribution >= 0.6 is 27.5 Å². The number of hydrogen-bond donors (Lipinski definition) is 1. The molecule has 0 aliphatic rings. The van der Waals surface area contributed by atoms with Crippen molar-refractivity contribution in [2.24, 2.45) is 0 Å². The fourth-order valence-corrected chi connectivity index (χ4v) is 2.59. The van der Waals surface area contributed by atoms with Crippen LogP contribution in [0, 0.1) is 0 Å². The number of rotatable bonds is 3. The van der Waals surface area contributed by atoms with Crippen molar-refractivity contribution in [3.8, 4) is 0 Å². The van der Waals surface area contributed by atoms with Crippen LogP contribution in [-0.4, -0.2) is 9.38 Å². The van der Waals surface area contributed by atoms with Gasteiger partial charge in [0.2, 0.25) is 0 Å². The maximum atomic E-state index is 12.1. The molecule has 0 saturated carbocycles. The summed E-state index contributed by atoms with van der Waals surface area (Å²) in [6.07, 6.45) is 1.57. The largest absolute Gasteiger partial charge is 0.378 e. The molecule has 1 aromatic carbocycles. The Morgan fingerprint density at radius 1 is 1.24 bits per heavy atom. The number of pyridine rings is 1. The normalized spacial score (nSPS) is 10.8. The molecule has 3 rings (SSSR count). The number of hydrogen-bond acceptors (Lipinski definition) is 3. The molecule has 0 radical (unpaired) electrons. The highest BCUT2D eigenvalue weighted by Crippen LogP contribution is 2.21. The van der Waals surface area contributed by atoms with E-state index in [1.165, 1.54) is 10.5 Å². The maximum Gasteiger partial charge on any atom is 0.258 e. The molecule has 0 saturated heterocycles. The Labute approximate surface area is 134 Å². The summed E-state index contributed by atoms with van der Waals surface area (Å²) in [6.45, 7) is 0.469. The molecule has 4 nitrogen and oxygen atoms in total. The van der Waals surface area contributed by atoms with Gasteiger partial charge in [-0.05, 0) is 40.2 Å². The quantitative estimate of drug-likeness (QED) is 0.770. The zero-order valence-corrected chi connectivity index (χ0v) is 13.2. The number of nitrogens with zero attached hydrogens (tertiary/aromatic N) is 2. The topological polar surface area (TPSA) is 46.4 Å². The minimum atomic E-state index is -0.147. The highest BCUT2D eigenvalue weighted by atomic mass is 79.9. The molecule has 0 aliphatic heterocycles. The van der Waals surface area contributed by atoms with E-state index in [4.69, 9.17) is 11.6 Å². The Balaban J connectivity index is 1.90. The molecule has 0 amide bonds. The first-order chi connectivity index (χ1) is 10.1. The van der Waals surface area contributed by atoms with Gasteiger partial charge in [-0.1, -0.05) is 23.7 Å². The number of benzene rings is 1. The number of fused-ring (bicyclic) bond motifs is 1. The van der Waals surface area contributed by atoms with Gasteiger partial charge in [-0.25, -0.2) is 4.98 Å². The average Bonchev–Trinajstić information content (AvgIpc) is 2.47. The predicted molar refractivity (Wildman–Crippen MR) is 87.9 cm³/mol. The number of anilines is 1. The van der Waals surface area contributed by atoms with Crippen LogP contribution in [0.3, 0.4) is 0 Å². The Hall–Kier alpha value is -1.85. The lowest BCUT2D eigenvalue weighted by molar-refractivity contribution is 0.971. The average molecular weight is 365 g/mol. The van der Waals surface area contributed by atoms with E-state index in [2.05, 4.69) is 26.2 Å². The molecule has 6 heteroatoms. The standard InChI is InChI=1S/C15H11BrClN3O/c16-12-3-1-2-4-13(12)18-8-11-7-15(21)20-9-10(17)5-6-14(20)19-11/h1-7,9,18H,8H2. The van der Waals surface area contributed by atoms with Crippen molar-refractivity contribution in [2.45, 2.75) is 6.54 Å². The third-order valence-corrected chi connectivity index (χ3v) is 3.93. The Bertz CT molecular complexity index is 863. The van der Waals surface area contributed by atoms with Crippen molar-refractivity contribution in [1.82, 2.24) is 9.38 Å². The molecule has 3 aromatic rings. The van der Waals surface area contributed by atoms with Gasteiger partial charge in [-0.3, -0.25) is 9.20 Å². The second kappa shape index (κ2) is 5.87. The van der Waals surface area contributed by atoms with E-state index < -0.39 is 0 Å². The minimum Gasteiger partial charge on any atom is -0.378 e. The van der Waals surface area contributed by atoms with Crippen LogP contribution in [0.4, 0.5) is 5.69 Å². The maximum absolute atomic E-state index is 12.1. The summed E-state index contributed by atoms with van der Waals surface area (Å²) in [6, 6.07) is 12.7. The number of nitrogens with one attached hydrogen (secondary N) is 1. The van der Waals surface area contributed by atoms with E-state index in [0.29, 0.717) is 22.9 Å². The molecule has 106 valence electrons. The second-order valence-corrected chi connectivity index (χ2v) is 5.79. The SMILES string of the molecule is O=c1cc(CNc2ccccc2Br)nc2ccc(Cl)cn12. The first kappa shape index (κ1) is 14.1. The van der Waals surface area contributed by atoms with Crippen molar-refractivity contribution in [2.75, 3.05) is 5.32 Å². The zero-order valence-electron chi connectivity index (χ0n) is 10.9. The van der Waals surface area contributed by atoms with Gasteiger partial charge >= 0.3 is 0 Å². The van der Waals surface area contributed by atoms with Crippen LogP contribution < -0.4 is 10.9 Å². The van der Waals surface area contributed by atoms with Crippen molar-refractivity contribution in [3.63, 3.8) is 0 Å². The van der Waals surface area contributed by atoms with Gasteiger partial charge < -0.3 is 5.32 Å². The first-order valence-corrected chi connectivity index (χ1v) is 7.47. The smallest absolute Gasteiger partial charge is 0.258 e. The summed E-state index contributed by atoms with van der Waals surface area (Å²) in [5, 5.41) is 3.75. The van der Waals surface area contributed by atoms with Crippen molar-refractivity contribution in [3.05, 3.63) is 74.2 Å². The van der Waals surface area contributed by atoms with E-state index in [1.54, 1.807) is 18.3 Å². The van der Waals surface area contributed by atoms with Crippen LogP contribution in [0.25, 0.3) is 5.65 Å². The lowest BCUT2D eigenvalue weighted by atomic mass is 10.3. The van der Waals surface area contributed by atoms with Gasteiger partial charge in [-0.15, -0.1) is 0 Å². The highest BCUT2D eigenvalue weighted by molar-refractivity contribution is 9.10. The molecule has 0 atom stereocenters. The second-order valence-electron chi connectivity index (χ2n) is 4.49. The minimum absolute atomic E-state index is 0.147. The van der Waals surface area contributed by atoms with Gasteiger partial charge in [0.1, 0.15) is 5.65 Å². The van der Waals surface area contributed by atoms with Crippen LogP contribution in [0.15, 0.2) is 57.9 Å². The van der Waals surface area contributed by atoms with Crippen molar-refractivity contribution >= 4 is 38.9 Å². The van der Waals surface area contributed by atoms with E-state index in [-0.39, 0.29) is 5.56 Å². The number of halogens is 2. The molecule has 2 heterocycles. The number of aromatic nitrogens is 2. The summed E-state index contributed by atoms with van der Waals surface area (Å²) in [4.78, 5) is 16.5. The Morgan fingerprint density at radius 3 is 2.86 bits per heavy atom. The number of para-hydroxylation sites is 1. The molecular weight excluding hydrogens is 354 g/mol. The van der Waals surface area contributed by atoms with Crippen LogP contribution in [-0.2, 0) is 6.54 Å². The van der Waals surface area contributed by atoms with E-state index in [1.807, 2.05) is 24.3 Å². The lowest BCUT2D eigenvalue weighted by Gasteiger charge is -2.08. The van der Waals surface area contributed by atoms with E-state index in [0.717, 1.165) is 10.2 Å². The molecule has 1 N–H and O–H groups in total. The Morgan fingerprint density at radius 2 is 2.05 bits per heavy atom. The molecule has 0 fully saturated rings. The third kappa shape index (κ3) is 3.09. The molecule has 0 spiro atoms. The van der Waals surface area contributed by atoms with Gasteiger partial charge in [0.25, 0.3) is 5.56 Å². The van der Waals surface area contributed by atoms with E-state index in [9.17, 15) is 4.79 Å². The monoisotopic (exact) mass is 363 g/mol. The van der Waals surface area contributed by atoms with Gasteiger partial charge in [0.15, 0.2) is 0 Å². The third-order valence-electron chi connectivity index (χ3n) is 3.01. The summed E-state index contributed by atoms with van der Waals surface area (Å²) >= 11 is 9.35. The summed E-state index contributed by atoms with van der Waals surface area (Å²) in [5.41, 5.74) is 2.07. The van der Waals surface area contributed by atoms with Crippen LogP contribution in [0.5, 0.6) is 0 Å². The van der Waals surface area contributed by atoms with E-state index >= 15 is 0 Å². The van der Waals surface area contributed by atoms with Crippen LogP contribution in [0.2, 0.25) is 5.02 Å². The first-order valence-electron chi connectivity index (χ1n) is 6.30.